The predicted octanol–water partition coefficient (Wildman–Crippen LogP) is 2.29. The van der Waals surface area contributed by atoms with Gasteiger partial charge in [0, 0.05) is 11.1 Å². The third-order valence-corrected chi connectivity index (χ3v) is 1.63. The highest BCUT2D eigenvalue weighted by atomic mass is 16.5. The average Bonchev–Trinajstić information content (AvgIpc) is 2.16. The topological polar surface area (TPSA) is 9.23 Å². The molecule has 0 fully saturated rings. The van der Waals surface area contributed by atoms with Crippen LogP contribution in [0.5, 0.6) is 0 Å². The lowest BCUT2D eigenvalue weighted by Gasteiger charge is -2.05. The molecule has 1 nitrogen and oxygen atoms in total. The summed E-state index contributed by atoms with van der Waals surface area (Å²) in [5.41, 5.74) is 1.69. The summed E-state index contributed by atoms with van der Waals surface area (Å²) in [7, 11) is 1.58. The number of methoxy groups -OCH3 is 1. The van der Waals surface area contributed by atoms with Gasteiger partial charge in [-0.05, 0) is 6.07 Å². The summed E-state index contributed by atoms with van der Waals surface area (Å²) in [6, 6.07) is 7.54. The molecule has 0 saturated carbocycles. The first kappa shape index (κ1) is 8.42. The minimum absolute atomic E-state index is 0.601. The zero-order chi connectivity index (χ0) is 8.97. The van der Waals surface area contributed by atoms with Crippen molar-refractivity contribution in [2.75, 3.05) is 7.11 Å². The fraction of sp³-hybridized carbons (Fsp3) is 0.0909. The number of hydrogen-bond donors (Lipinski definition) is 0. The van der Waals surface area contributed by atoms with E-state index in [2.05, 4.69) is 12.5 Å². The molecule has 60 valence electrons. The van der Waals surface area contributed by atoms with Crippen molar-refractivity contribution >= 4 is 5.76 Å². The van der Waals surface area contributed by atoms with Crippen molar-refractivity contribution in [2.24, 2.45) is 0 Å². The maximum atomic E-state index is 5.30. The largest absolute Gasteiger partial charge is 0.497 e. The molecule has 0 saturated heterocycles. The molecule has 0 unspecified atom stereocenters. The van der Waals surface area contributed by atoms with Crippen LogP contribution in [0.2, 0.25) is 0 Å². The third kappa shape index (κ3) is 1.49. The van der Waals surface area contributed by atoms with Gasteiger partial charge in [0.1, 0.15) is 5.76 Å². The van der Waals surface area contributed by atoms with Gasteiger partial charge in [0.25, 0.3) is 0 Å². The highest BCUT2D eigenvalue weighted by molar-refractivity contribution is 5.64. The van der Waals surface area contributed by atoms with Gasteiger partial charge >= 0.3 is 0 Å². The van der Waals surface area contributed by atoms with Gasteiger partial charge in [0.2, 0.25) is 0 Å². The molecule has 0 aliphatic heterocycles. The first-order valence-corrected chi connectivity index (χ1v) is 3.58. The summed E-state index contributed by atoms with van der Waals surface area (Å²) >= 11 is 0. The number of terminal acetylenes is 1. The molecule has 12 heavy (non-hydrogen) atoms. The Morgan fingerprint density at radius 3 is 2.75 bits per heavy atom. The van der Waals surface area contributed by atoms with Crippen LogP contribution in [0.3, 0.4) is 0 Å². The van der Waals surface area contributed by atoms with Crippen molar-refractivity contribution in [3.05, 3.63) is 42.0 Å². The maximum absolute atomic E-state index is 5.30. The minimum Gasteiger partial charge on any atom is -0.497 e. The molecule has 0 radical (unpaired) electrons. The van der Waals surface area contributed by atoms with E-state index in [9.17, 15) is 0 Å². The zero-order valence-corrected chi connectivity index (χ0v) is 7.00. The second-order valence-corrected chi connectivity index (χ2v) is 2.32. The van der Waals surface area contributed by atoms with Gasteiger partial charge in [-0.25, -0.2) is 0 Å². The lowest BCUT2D eigenvalue weighted by molar-refractivity contribution is 0.371. The van der Waals surface area contributed by atoms with Gasteiger partial charge in [-0.15, -0.1) is 6.42 Å². The molecule has 0 aliphatic rings. The molecular weight excluding hydrogens is 148 g/mol. The molecule has 0 aromatic heterocycles. The Morgan fingerprint density at radius 1 is 1.50 bits per heavy atom. The van der Waals surface area contributed by atoms with Crippen LogP contribution < -0.4 is 0 Å². The van der Waals surface area contributed by atoms with Gasteiger partial charge in [0.15, 0.2) is 0 Å². The molecule has 1 rings (SSSR count). The normalized spacial score (nSPS) is 8.67. The number of ether oxygens (including phenoxy) is 1. The van der Waals surface area contributed by atoms with Crippen LogP contribution in [-0.4, -0.2) is 7.11 Å². The molecular formula is C11H10O. The van der Waals surface area contributed by atoms with Crippen molar-refractivity contribution in [3.8, 4) is 12.3 Å². The van der Waals surface area contributed by atoms with Crippen molar-refractivity contribution in [1.82, 2.24) is 0 Å². The molecule has 1 aromatic carbocycles. The average molecular weight is 158 g/mol. The quantitative estimate of drug-likeness (QED) is 0.474. The van der Waals surface area contributed by atoms with E-state index in [0.717, 1.165) is 11.1 Å². The summed E-state index contributed by atoms with van der Waals surface area (Å²) in [5, 5.41) is 0. The van der Waals surface area contributed by atoms with Crippen LogP contribution in [0.15, 0.2) is 30.8 Å². The van der Waals surface area contributed by atoms with Crippen molar-refractivity contribution in [2.45, 2.75) is 0 Å². The number of rotatable bonds is 2. The van der Waals surface area contributed by atoms with Gasteiger partial charge in [-0.2, -0.15) is 0 Å². The van der Waals surface area contributed by atoms with Crippen molar-refractivity contribution in [1.29, 1.82) is 0 Å². The molecule has 0 aliphatic carbocycles. The van der Waals surface area contributed by atoms with Crippen LogP contribution in [0.1, 0.15) is 11.1 Å². The zero-order valence-electron chi connectivity index (χ0n) is 7.00. The SMILES string of the molecule is C#Cc1ccccc1C(=C)OC. The fourth-order valence-electron chi connectivity index (χ4n) is 0.962. The standard InChI is InChI=1S/C11H10O/c1-4-10-7-5-6-8-11(10)9(2)12-3/h1,5-8H,2H2,3H3. The molecule has 0 spiro atoms. The lowest BCUT2D eigenvalue weighted by Crippen LogP contribution is -1.89. The van der Waals surface area contributed by atoms with E-state index in [-0.39, 0.29) is 0 Å². The van der Waals surface area contributed by atoms with E-state index >= 15 is 0 Å². The van der Waals surface area contributed by atoms with Gasteiger partial charge in [0.05, 0.1) is 7.11 Å². The number of hydrogen-bond acceptors (Lipinski definition) is 1. The fourth-order valence-corrected chi connectivity index (χ4v) is 0.962. The molecule has 0 amide bonds. The van der Waals surface area contributed by atoms with E-state index in [4.69, 9.17) is 11.2 Å². The molecule has 1 heteroatoms. The molecule has 0 atom stereocenters. The van der Waals surface area contributed by atoms with Crippen LogP contribution in [-0.2, 0) is 4.74 Å². The van der Waals surface area contributed by atoms with E-state index < -0.39 is 0 Å². The van der Waals surface area contributed by atoms with Crippen LogP contribution in [0.25, 0.3) is 5.76 Å². The Balaban J connectivity index is 3.16. The Labute approximate surface area is 72.7 Å². The monoisotopic (exact) mass is 158 g/mol. The lowest BCUT2D eigenvalue weighted by atomic mass is 10.1. The maximum Gasteiger partial charge on any atom is 0.120 e. The second kappa shape index (κ2) is 3.64. The Bertz CT molecular complexity index is 331. The van der Waals surface area contributed by atoms with E-state index in [1.807, 2.05) is 24.3 Å². The van der Waals surface area contributed by atoms with Gasteiger partial charge in [-0.1, -0.05) is 30.7 Å². The van der Waals surface area contributed by atoms with E-state index in [0.29, 0.717) is 5.76 Å². The number of benzene rings is 1. The first-order chi connectivity index (χ1) is 5.79. The van der Waals surface area contributed by atoms with E-state index in [1.165, 1.54) is 0 Å². The summed E-state index contributed by atoms with van der Waals surface area (Å²) < 4.78 is 4.99. The predicted molar refractivity (Wildman–Crippen MR) is 50.4 cm³/mol. The smallest absolute Gasteiger partial charge is 0.120 e. The van der Waals surface area contributed by atoms with Crippen LogP contribution >= 0.6 is 0 Å². The summed E-state index contributed by atoms with van der Waals surface area (Å²) in [6.45, 7) is 3.73. The van der Waals surface area contributed by atoms with Crippen molar-refractivity contribution in [3.63, 3.8) is 0 Å². The highest BCUT2D eigenvalue weighted by Crippen LogP contribution is 2.16. The Kier molecular flexibility index (Phi) is 2.55. The van der Waals surface area contributed by atoms with E-state index in [1.54, 1.807) is 7.11 Å². The second-order valence-electron chi connectivity index (χ2n) is 2.32. The Hall–Kier alpha value is -1.68. The highest BCUT2D eigenvalue weighted by Gasteiger charge is 2.01. The summed E-state index contributed by atoms with van der Waals surface area (Å²) in [4.78, 5) is 0. The van der Waals surface area contributed by atoms with Crippen molar-refractivity contribution < 1.29 is 4.74 Å². The summed E-state index contributed by atoms with van der Waals surface area (Å²) in [6.07, 6.45) is 5.30. The molecule has 0 heterocycles. The Morgan fingerprint density at radius 2 is 2.17 bits per heavy atom. The van der Waals surface area contributed by atoms with Crippen LogP contribution in [0.4, 0.5) is 0 Å². The van der Waals surface area contributed by atoms with Gasteiger partial charge in [-0.3, -0.25) is 0 Å². The van der Waals surface area contributed by atoms with Crippen LogP contribution in [0, 0.1) is 12.3 Å². The summed E-state index contributed by atoms with van der Waals surface area (Å²) in [5.74, 6) is 3.17. The minimum atomic E-state index is 0.601. The van der Waals surface area contributed by atoms with Gasteiger partial charge < -0.3 is 4.74 Å². The third-order valence-electron chi connectivity index (χ3n) is 1.63. The molecule has 1 aromatic rings. The molecule has 0 N–H and O–H groups in total. The molecule has 0 bridgehead atoms. The first-order valence-electron chi connectivity index (χ1n) is 3.58.